The average molecular weight is 543 g/mol. The lowest BCUT2D eigenvalue weighted by Gasteiger charge is -2.09. The number of aryl methyl sites for hydroxylation is 1. The van der Waals surface area contributed by atoms with Crippen LogP contribution < -0.4 is 10.1 Å². The molecule has 1 heterocycles. The Bertz CT molecular complexity index is 1290. The minimum absolute atomic E-state index is 0.131. The van der Waals surface area contributed by atoms with Crippen LogP contribution in [0.5, 0.6) is 5.75 Å². The third-order valence-corrected chi connectivity index (χ3v) is 6.19. The van der Waals surface area contributed by atoms with Crippen LogP contribution in [0.15, 0.2) is 77.4 Å². The lowest BCUT2D eigenvalue weighted by atomic mass is 10.1. The van der Waals surface area contributed by atoms with E-state index in [0.717, 1.165) is 17.7 Å². The Morgan fingerprint density at radius 1 is 1.12 bits per heavy atom. The maximum Gasteiger partial charge on any atom is 0.256 e. The lowest BCUT2D eigenvalue weighted by Crippen LogP contribution is -2.14. The molecule has 0 saturated carbocycles. The van der Waals surface area contributed by atoms with E-state index in [0.29, 0.717) is 33.0 Å². The minimum Gasteiger partial charge on any atom is -0.489 e. The highest BCUT2D eigenvalue weighted by molar-refractivity contribution is 9.10. The monoisotopic (exact) mass is 541 g/mol. The van der Waals surface area contributed by atoms with Crippen molar-refractivity contribution < 1.29 is 13.9 Å². The molecule has 0 unspecified atom stereocenters. The van der Waals surface area contributed by atoms with Gasteiger partial charge in [-0.25, -0.2) is 4.39 Å². The zero-order valence-electron chi connectivity index (χ0n) is 18.4. The van der Waals surface area contributed by atoms with Crippen molar-refractivity contribution in [3.63, 3.8) is 0 Å². The molecule has 8 heteroatoms. The second-order valence-corrected chi connectivity index (χ2v) is 8.93. The molecule has 0 spiro atoms. The molecule has 34 heavy (non-hydrogen) atoms. The largest absolute Gasteiger partial charge is 0.489 e. The molecule has 4 aromatic rings. The predicted molar refractivity (Wildman–Crippen MR) is 135 cm³/mol. The quantitative estimate of drug-likeness (QED) is 0.264. The summed E-state index contributed by atoms with van der Waals surface area (Å²) in [5, 5.41) is 7.46. The number of nitrogens with one attached hydrogen (secondary N) is 1. The van der Waals surface area contributed by atoms with Crippen LogP contribution >= 0.6 is 27.5 Å². The summed E-state index contributed by atoms with van der Waals surface area (Å²) in [4.78, 5) is 12.8. The summed E-state index contributed by atoms with van der Waals surface area (Å²) >= 11 is 9.51. The molecule has 0 aliphatic rings. The molecule has 0 radical (unpaired) electrons. The molecule has 4 rings (SSSR count). The number of benzene rings is 3. The summed E-state index contributed by atoms with van der Waals surface area (Å²) in [5.41, 5.74) is 2.91. The molecule has 1 aromatic heterocycles. The first kappa shape index (κ1) is 24.0. The van der Waals surface area contributed by atoms with Gasteiger partial charge in [0.15, 0.2) is 5.82 Å². The van der Waals surface area contributed by atoms with Gasteiger partial charge in [0.2, 0.25) is 0 Å². The smallest absolute Gasteiger partial charge is 0.256 e. The summed E-state index contributed by atoms with van der Waals surface area (Å²) in [6.45, 7) is 2.58. The van der Waals surface area contributed by atoms with Crippen molar-refractivity contribution in [3.05, 3.63) is 110 Å². The number of hydrogen-bond acceptors (Lipinski definition) is 3. The zero-order valence-corrected chi connectivity index (χ0v) is 20.7. The van der Waals surface area contributed by atoms with E-state index in [1.807, 2.05) is 36.4 Å². The summed E-state index contributed by atoms with van der Waals surface area (Å²) in [7, 11) is 0. The van der Waals surface area contributed by atoms with Crippen LogP contribution in [0.25, 0.3) is 0 Å². The Kier molecular flexibility index (Phi) is 7.65. The van der Waals surface area contributed by atoms with Gasteiger partial charge in [0.25, 0.3) is 5.91 Å². The van der Waals surface area contributed by atoms with Crippen LogP contribution in [-0.4, -0.2) is 15.7 Å². The van der Waals surface area contributed by atoms with E-state index < -0.39 is 5.82 Å². The van der Waals surface area contributed by atoms with Crippen molar-refractivity contribution in [1.29, 1.82) is 0 Å². The van der Waals surface area contributed by atoms with Gasteiger partial charge in [-0.3, -0.25) is 9.48 Å². The second-order valence-electron chi connectivity index (χ2n) is 7.66. The molecule has 1 N–H and O–H groups in total. The number of anilines is 1. The van der Waals surface area contributed by atoms with Crippen molar-refractivity contribution in [3.8, 4) is 5.75 Å². The minimum atomic E-state index is -0.412. The van der Waals surface area contributed by atoms with Gasteiger partial charge in [-0.15, -0.1) is 0 Å². The van der Waals surface area contributed by atoms with E-state index >= 15 is 0 Å². The summed E-state index contributed by atoms with van der Waals surface area (Å²) in [5.74, 6) is 0.376. The number of amides is 1. The summed E-state index contributed by atoms with van der Waals surface area (Å²) < 4.78 is 22.0. The number of aromatic nitrogens is 2. The maximum atomic E-state index is 14.1. The van der Waals surface area contributed by atoms with E-state index in [1.165, 1.54) is 16.3 Å². The fourth-order valence-electron chi connectivity index (χ4n) is 3.38. The topological polar surface area (TPSA) is 56.1 Å². The summed E-state index contributed by atoms with van der Waals surface area (Å²) in [6, 6.07) is 19.7. The van der Waals surface area contributed by atoms with Crippen LogP contribution in [0, 0.1) is 5.82 Å². The molecule has 0 fully saturated rings. The van der Waals surface area contributed by atoms with Crippen molar-refractivity contribution in [1.82, 2.24) is 9.78 Å². The lowest BCUT2D eigenvalue weighted by molar-refractivity contribution is 0.102. The number of carbonyl (C=O) groups is 1. The Labute approximate surface area is 210 Å². The number of ether oxygens (including phenoxy) is 1. The van der Waals surface area contributed by atoms with Crippen LogP contribution in [0.2, 0.25) is 5.02 Å². The summed E-state index contributed by atoms with van der Waals surface area (Å²) in [6.07, 6.45) is 2.63. The normalized spacial score (nSPS) is 10.8. The van der Waals surface area contributed by atoms with E-state index in [4.69, 9.17) is 16.3 Å². The van der Waals surface area contributed by atoms with Gasteiger partial charge in [0.1, 0.15) is 18.2 Å². The zero-order chi connectivity index (χ0) is 24.1. The van der Waals surface area contributed by atoms with E-state index in [1.54, 1.807) is 30.5 Å². The Balaban J connectivity index is 1.41. The molecule has 174 valence electrons. The highest BCUT2D eigenvalue weighted by Crippen LogP contribution is 2.25. The molecule has 5 nitrogen and oxygen atoms in total. The van der Waals surface area contributed by atoms with E-state index in [-0.39, 0.29) is 12.5 Å². The molecule has 0 saturated heterocycles. The fraction of sp³-hybridized carbons (Fsp3) is 0.154. The highest BCUT2D eigenvalue weighted by Gasteiger charge is 2.15. The molecule has 0 aliphatic carbocycles. The van der Waals surface area contributed by atoms with Gasteiger partial charge in [-0.1, -0.05) is 48.9 Å². The maximum absolute atomic E-state index is 14.1. The number of carbonyl (C=O) groups excluding carboxylic acids is 1. The first-order valence-electron chi connectivity index (χ1n) is 10.7. The van der Waals surface area contributed by atoms with Gasteiger partial charge in [-0.2, -0.15) is 5.10 Å². The second kappa shape index (κ2) is 10.8. The molecular formula is C26H22BrClFN3O2. The van der Waals surface area contributed by atoms with Crippen LogP contribution in [0.1, 0.15) is 34.0 Å². The van der Waals surface area contributed by atoms with Gasteiger partial charge < -0.3 is 10.1 Å². The van der Waals surface area contributed by atoms with Crippen molar-refractivity contribution in [2.75, 3.05) is 5.32 Å². The number of halogens is 3. The number of rotatable bonds is 8. The van der Waals surface area contributed by atoms with Gasteiger partial charge >= 0.3 is 0 Å². The first-order valence-corrected chi connectivity index (χ1v) is 11.9. The average Bonchev–Trinajstić information content (AvgIpc) is 3.19. The molecule has 0 atom stereocenters. The van der Waals surface area contributed by atoms with E-state index in [9.17, 15) is 9.18 Å². The van der Waals surface area contributed by atoms with Crippen molar-refractivity contribution in [2.24, 2.45) is 0 Å². The van der Waals surface area contributed by atoms with Gasteiger partial charge in [0.05, 0.1) is 11.0 Å². The Morgan fingerprint density at radius 2 is 1.88 bits per heavy atom. The van der Waals surface area contributed by atoms with Crippen molar-refractivity contribution >= 4 is 39.3 Å². The Hall–Kier alpha value is -3.16. The molecular weight excluding hydrogens is 521 g/mol. The highest BCUT2D eigenvalue weighted by atomic mass is 79.9. The third kappa shape index (κ3) is 5.85. The van der Waals surface area contributed by atoms with Crippen LogP contribution in [0.4, 0.5) is 10.2 Å². The molecule has 3 aromatic carbocycles. The number of nitrogens with zero attached hydrogens (tertiary/aromatic N) is 2. The van der Waals surface area contributed by atoms with Gasteiger partial charge in [0, 0.05) is 22.3 Å². The van der Waals surface area contributed by atoms with E-state index in [2.05, 4.69) is 33.3 Å². The molecule has 0 aliphatic heterocycles. The SMILES string of the molecule is CCc1ccc(OCc2cccc(C(=O)Nc3nn(Cc4c(F)cccc4Cl)cc3Br)c2)cc1. The molecule has 1 amide bonds. The first-order chi connectivity index (χ1) is 16.4. The molecule has 0 bridgehead atoms. The van der Waals surface area contributed by atoms with Crippen LogP contribution in [-0.2, 0) is 19.6 Å². The predicted octanol–water partition coefficient (Wildman–Crippen LogP) is 6.88. The fourth-order valence-corrected chi connectivity index (χ4v) is 4.02. The third-order valence-electron chi connectivity index (χ3n) is 5.26. The van der Waals surface area contributed by atoms with Crippen molar-refractivity contribution in [2.45, 2.75) is 26.5 Å². The van der Waals surface area contributed by atoms with Gasteiger partial charge in [-0.05, 0) is 69.9 Å². The Morgan fingerprint density at radius 3 is 2.62 bits per heavy atom. The number of hydrogen-bond donors (Lipinski definition) is 1. The standard InChI is InChI=1S/C26H22BrClFN3O2/c1-2-17-9-11-20(12-10-17)34-16-18-5-3-6-19(13-18)26(33)30-25-22(27)15-32(31-25)14-21-23(28)7-4-8-24(21)29/h3-13,15H,2,14,16H2,1H3,(H,30,31,33). The van der Waals surface area contributed by atoms with Crippen LogP contribution in [0.3, 0.4) is 0 Å².